The average molecular weight is 253 g/mol. The van der Waals surface area contributed by atoms with Crippen LogP contribution in [0, 0.1) is 23.5 Å². The third-order valence-corrected chi connectivity index (χ3v) is 4.24. The SMILES string of the molecule is CC(C)C1CCC(N)C(c2cc(F)ccc2F)C1. The molecule has 1 aliphatic carbocycles. The summed E-state index contributed by atoms with van der Waals surface area (Å²) in [5.74, 6) is 0.350. The zero-order valence-corrected chi connectivity index (χ0v) is 11.0. The summed E-state index contributed by atoms with van der Waals surface area (Å²) in [5.41, 5.74) is 6.55. The minimum absolute atomic E-state index is 0.0538. The molecule has 1 saturated carbocycles. The molecule has 1 fully saturated rings. The van der Waals surface area contributed by atoms with Gasteiger partial charge in [-0.1, -0.05) is 13.8 Å². The molecule has 2 N–H and O–H groups in total. The van der Waals surface area contributed by atoms with Crippen LogP contribution in [0.4, 0.5) is 8.78 Å². The largest absolute Gasteiger partial charge is 0.327 e. The van der Waals surface area contributed by atoms with Gasteiger partial charge in [0.2, 0.25) is 0 Å². The molecule has 0 radical (unpaired) electrons. The van der Waals surface area contributed by atoms with Crippen LogP contribution in [0.5, 0.6) is 0 Å². The summed E-state index contributed by atoms with van der Waals surface area (Å²) < 4.78 is 27.1. The second kappa shape index (κ2) is 5.35. The first kappa shape index (κ1) is 13.5. The second-order valence-electron chi connectivity index (χ2n) is 5.75. The van der Waals surface area contributed by atoms with Gasteiger partial charge in [-0.05, 0) is 54.9 Å². The quantitative estimate of drug-likeness (QED) is 0.851. The molecule has 3 unspecified atom stereocenters. The van der Waals surface area contributed by atoms with E-state index in [9.17, 15) is 8.78 Å². The molecular formula is C15H21F2N. The lowest BCUT2D eigenvalue weighted by Gasteiger charge is -2.36. The number of nitrogens with two attached hydrogens (primary N) is 1. The lowest BCUT2D eigenvalue weighted by atomic mass is 9.71. The maximum Gasteiger partial charge on any atom is 0.126 e. The summed E-state index contributed by atoms with van der Waals surface area (Å²) in [6.07, 6.45) is 2.84. The van der Waals surface area contributed by atoms with Crippen molar-refractivity contribution in [3.05, 3.63) is 35.4 Å². The van der Waals surface area contributed by atoms with E-state index in [1.807, 2.05) is 0 Å². The first-order valence-corrected chi connectivity index (χ1v) is 6.69. The molecule has 3 atom stereocenters. The van der Waals surface area contributed by atoms with Gasteiger partial charge in [0.05, 0.1) is 0 Å². The van der Waals surface area contributed by atoms with E-state index in [2.05, 4.69) is 13.8 Å². The monoisotopic (exact) mass is 253 g/mol. The molecule has 0 bridgehead atoms. The highest BCUT2D eigenvalue weighted by Gasteiger charge is 2.32. The molecular weight excluding hydrogens is 232 g/mol. The van der Waals surface area contributed by atoms with Crippen LogP contribution in [-0.4, -0.2) is 6.04 Å². The predicted octanol–water partition coefficient (Wildman–Crippen LogP) is 3.83. The van der Waals surface area contributed by atoms with Crippen LogP contribution in [-0.2, 0) is 0 Å². The Labute approximate surface area is 107 Å². The molecule has 1 aromatic carbocycles. The van der Waals surface area contributed by atoms with Gasteiger partial charge < -0.3 is 5.73 Å². The third kappa shape index (κ3) is 2.72. The zero-order valence-electron chi connectivity index (χ0n) is 11.0. The molecule has 0 spiro atoms. The normalized spacial score (nSPS) is 28.7. The first-order chi connectivity index (χ1) is 8.49. The van der Waals surface area contributed by atoms with Crippen molar-refractivity contribution in [2.45, 2.75) is 45.1 Å². The number of hydrogen-bond donors (Lipinski definition) is 1. The van der Waals surface area contributed by atoms with Crippen LogP contribution in [0.3, 0.4) is 0 Å². The Hall–Kier alpha value is -0.960. The van der Waals surface area contributed by atoms with E-state index >= 15 is 0 Å². The second-order valence-corrected chi connectivity index (χ2v) is 5.75. The lowest BCUT2D eigenvalue weighted by Crippen LogP contribution is -2.36. The van der Waals surface area contributed by atoms with Crippen molar-refractivity contribution in [2.75, 3.05) is 0 Å². The molecule has 0 amide bonds. The first-order valence-electron chi connectivity index (χ1n) is 6.69. The highest BCUT2D eigenvalue weighted by atomic mass is 19.1. The predicted molar refractivity (Wildman–Crippen MR) is 69.3 cm³/mol. The van der Waals surface area contributed by atoms with E-state index < -0.39 is 0 Å². The summed E-state index contributed by atoms with van der Waals surface area (Å²) in [5, 5.41) is 0. The topological polar surface area (TPSA) is 26.0 Å². The van der Waals surface area contributed by atoms with Crippen LogP contribution in [0.25, 0.3) is 0 Å². The van der Waals surface area contributed by atoms with E-state index in [1.165, 1.54) is 12.1 Å². The van der Waals surface area contributed by atoms with Gasteiger partial charge >= 0.3 is 0 Å². The van der Waals surface area contributed by atoms with E-state index in [-0.39, 0.29) is 23.6 Å². The molecule has 100 valence electrons. The summed E-state index contributed by atoms with van der Waals surface area (Å²) >= 11 is 0. The molecule has 0 aromatic heterocycles. The number of hydrogen-bond acceptors (Lipinski definition) is 1. The van der Waals surface area contributed by atoms with Gasteiger partial charge in [0.25, 0.3) is 0 Å². The van der Waals surface area contributed by atoms with E-state index in [0.29, 0.717) is 17.4 Å². The fourth-order valence-corrected chi connectivity index (χ4v) is 2.99. The van der Waals surface area contributed by atoms with Crippen molar-refractivity contribution in [3.8, 4) is 0 Å². The summed E-state index contributed by atoms with van der Waals surface area (Å²) in [7, 11) is 0. The number of benzene rings is 1. The minimum Gasteiger partial charge on any atom is -0.327 e. The van der Waals surface area contributed by atoms with Crippen LogP contribution >= 0.6 is 0 Å². The molecule has 2 rings (SSSR count). The van der Waals surface area contributed by atoms with E-state index in [0.717, 1.165) is 25.3 Å². The average Bonchev–Trinajstić information content (AvgIpc) is 2.33. The van der Waals surface area contributed by atoms with Crippen LogP contribution < -0.4 is 5.73 Å². The summed E-state index contributed by atoms with van der Waals surface area (Å²) in [4.78, 5) is 0. The van der Waals surface area contributed by atoms with Crippen LogP contribution in [0.15, 0.2) is 18.2 Å². The molecule has 0 aliphatic heterocycles. The Bertz CT molecular complexity index is 417. The molecule has 1 aromatic rings. The van der Waals surface area contributed by atoms with Gasteiger partial charge in [0.15, 0.2) is 0 Å². The fraction of sp³-hybridized carbons (Fsp3) is 0.600. The van der Waals surface area contributed by atoms with Gasteiger partial charge in [0, 0.05) is 12.0 Å². The molecule has 3 heteroatoms. The van der Waals surface area contributed by atoms with Crippen molar-refractivity contribution in [2.24, 2.45) is 17.6 Å². The summed E-state index contributed by atoms with van der Waals surface area (Å²) in [6.45, 7) is 4.36. The Balaban J connectivity index is 2.26. The van der Waals surface area contributed by atoms with Gasteiger partial charge in [-0.3, -0.25) is 0 Å². The summed E-state index contributed by atoms with van der Waals surface area (Å²) in [6, 6.07) is 3.61. The number of halogens is 2. The Morgan fingerprint density at radius 3 is 2.61 bits per heavy atom. The molecule has 1 aliphatic rings. The zero-order chi connectivity index (χ0) is 13.3. The number of rotatable bonds is 2. The lowest BCUT2D eigenvalue weighted by molar-refractivity contribution is 0.229. The maximum absolute atomic E-state index is 13.8. The molecule has 18 heavy (non-hydrogen) atoms. The Kier molecular flexibility index (Phi) is 4.00. The molecule has 1 nitrogen and oxygen atoms in total. The molecule has 0 saturated heterocycles. The van der Waals surface area contributed by atoms with Crippen molar-refractivity contribution in [3.63, 3.8) is 0 Å². The highest BCUT2D eigenvalue weighted by molar-refractivity contribution is 5.25. The Morgan fingerprint density at radius 1 is 1.22 bits per heavy atom. The van der Waals surface area contributed by atoms with Crippen molar-refractivity contribution in [1.82, 2.24) is 0 Å². The minimum atomic E-state index is -0.384. The van der Waals surface area contributed by atoms with E-state index in [4.69, 9.17) is 5.73 Å². The van der Waals surface area contributed by atoms with Gasteiger partial charge in [-0.15, -0.1) is 0 Å². The van der Waals surface area contributed by atoms with E-state index in [1.54, 1.807) is 0 Å². The van der Waals surface area contributed by atoms with Crippen molar-refractivity contribution >= 4 is 0 Å². The maximum atomic E-state index is 13.8. The van der Waals surface area contributed by atoms with Crippen LogP contribution in [0.2, 0.25) is 0 Å². The van der Waals surface area contributed by atoms with Gasteiger partial charge in [-0.25, -0.2) is 8.78 Å². The fourth-order valence-electron chi connectivity index (χ4n) is 2.99. The van der Waals surface area contributed by atoms with Gasteiger partial charge in [0.1, 0.15) is 11.6 Å². The highest BCUT2D eigenvalue weighted by Crippen LogP contribution is 2.39. The smallest absolute Gasteiger partial charge is 0.126 e. The van der Waals surface area contributed by atoms with Gasteiger partial charge in [-0.2, -0.15) is 0 Å². The van der Waals surface area contributed by atoms with Crippen LogP contribution in [0.1, 0.15) is 44.6 Å². The standard InChI is InChI=1S/C15H21F2N/c1-9(2)10-3-6-15(18)13(7-10)12-8-11(16)4-5-14(12)17/h4-5,8-10,13,15H,3,6-7,18H2,1-2H3. The Morgan fingerprint density at radius 2 is 1.94 bits per heavy atom. The molecule has 0 heterocycles. The third-order valence-electron chi connectivity index (χ3n) is 4.24. The van der Waals surface area contributed by atoms with Crippen molar-refractivity contribution < 1.29 is 8.78 Å². The van der Waals surface area contributed by atoms with Crippen molar-refractivity contribution in [1.29, 1.82) is 0 Å².